The number of aromatic nitrogens is 4. The quantitative estimate of drug-likeness (QED) is 0.379. The number of aryl methyl sites for hydroxylation is 3. The lowest BCUT2D eigenvalue weighted by atomic mass is 10.1. The summed E-state index contributed by atoms with van der Waals surface area (Å²) in [6, 6.07) is 21.3. The maximum Gasteiger partial charge on any atom is 0.230 e. The Morgan fingerprint density at radius 3 is 2.26 bits per heavy atom. The van der Waals surface area contributed by atoms with E-state index in [0.717, 1.165) is 22.0 Å². The second-order valence-corrected chi connectivity index (χ2v) is 10.4. The van der Waals surface area contributed by atoms with Crippen LogP contribution in [0, 0.1) is 20.8 Å². The van der Waals surface area contributed by atoms with Crippen molar-refractivity contribution in [3.05, 3.63) is 89.0 Å². The zero-order valence-corrected chi connectivity index (χ0v) is 20.3. The number of rotatable bonds is 5. The van der Waals surface area contributed by atoms with E-state index in [-0.39, 0.29) is 21.6 Å². The third-order valence-corrected chi connectivity index (χ3v) is 7.96. The smallest absolute Gasteiger partial charge is 0.230 e. The first-order valence-electron chi connectivity index (χ1n) is 11.1. The van der Waals surface area contributed by atoms with Crippen LogP contribution in [0.4, 0.5) is 5.82 Å². The number of fused-ring (bicyclic) bond motifs is 3. The number of nitrogens with one attached hydrogen (secondary N) is 1. The van der Waals surface area contributed by atoms with E-state index in [1.165, 1.54) is 4.52 Å². The summed E-state index contributed by atoms with van der Waals surface area (Å²) in [7, 11) is -3.95. The molecule has 34 heavy (non-hydrogen) atoms. The molecule has 0 aliphatic carbocycles. The Balaban J connectivity index is 1.72. The molecule has 1 atom stereocenters. The average molecular weight is 472 g/mol. The normalized spacial score (nSPS) is 12.8. The Morgan fingerprint density at radius 2 is 1.56 bits per heavy atom. The van der Waals surface area contributed by atoms with Crippen molar-refractivity contribution in [2.45, 2.75) is 43.7 Å². The summed E-state index contributed by atoms with van der Waals surface area (Å²) in [6.45, 7) is 7.59. The summed E-state index contributed by atoms with van der Waals surface area (Å²) in [5.74, 6) is 0.579. The van der Waals surface area contributed by atoms with Gasteiger partial charge in [0.05, 0.1) is 10.4 Å². The SMILES string of the molecule is Cc1cc(C)c(S(=O)(=O)c2nnn3c2nc(N[C@H](C)c2ccccc2)c2ccccc23)c(C)c1. The monoisotopic (exact) mass is 471 g/mol. The predicted molar refractivity (Wildman–Crippen MR) is 133 cm³/mol. The van der Waals surface area contributed by atoms with Crippen molar-refractivity contribution >= 4 is 32.2 Å². The fraction of sp³-hybridized carbons (Fsp3) is 0.192. The van der Waals surface area contributed by atoms with Gasteiger partial charge in [-0.05, 0) is 56.5 Å². The van der Waals surface area contributed by atoms with E-state index in [2.05, 4.69) is 15.6 Å². The van der Waals surface area contributed by atoms with Crippen molar-refractivity contribution in [1.29, 1.82) is 0 Å². The molecule has 5 rings (SSSR count). The minimum absolute atomic E-state index is 0.0444. The highest BCUT2D eigenvalue weighted by atomic mass is 32.2. The molecule has 2 aromatic heterocycles. The van der Waals surface area contributed by atoms with E-state index in [1.807, 2.05) is 80.6 Å². The highest BCUT2D eigenvalue weighted by molar-refractivity contribution is 7.91. The second kappa shape index (κ2) is 8.22. The molecule has 0 amide bonds. The lowest BCUT2D eigenvalue weighted by Gasteiger charge is -2.17. The molecule has 0 saturated heterocycles. The first-order chi connectivity index (χ1) is 16.3. The van der Waals surface area contributed by atoms with Crippen LogP contribution in [-0.4, -0.2) is 28.2 Å². The van der Waals surface area contributed by atoms with Crippen molar-refractivity contribution in [1.82, 2.24) is 19.8 Å². The number of sulfone groups is 1. The zero-order chi connectivity index (χ0) is 24.0. The van der Waals surface area contributed by atoms with Gasteiger partial charge >= 0.3 is 0 Å². The van der Waals surface area contributed by atoms with Crippen LogP contribution in [0.5, 0.6) is 0 Å². The Labute approximate surface area is 198 Å². The van der Waals surface area contributed by atoms with Crippen molar-refractivity contribution in [3.63, 3.8) is 0 Å². The lowest BCUT2D eigenvalue weighted by molar-refractivity contribution is 0.591. The standard InChI is InChI=1S/C26H25N5O2S/c1-16-14-17(2)23(18(3)15-16)34(32,33)26-25-28-24(27-19(4)20-10-6-5-7-11-20)21-12-8-9-13-22(21)31(25)30-29-26/h5-15,19H,1-4H3,(H,27,28)/t19-/m1/s1. The molecule has 0 fully saturated rings. The summed E-state index contributed by atoms with van der Waals surface area (Å²) in [6.07, 6.45) is 0. The van der Waals surface area contributed by atoms with E-state index in [9.17, 15) is 8.42 Å². The maximum atomic E-state index is 13.8. The number of hydrogen-bond donors (Lipinski definition) is 1. The molecule has 5 aromatic rings. The van der Waals surface area contributed by atoms with Gasteiger partial charge in [0.15, 0.2) is 5.65 Å². The Hall–Kier alpha value is -3.78. The van der Waals surface area contributed by atoms with E-state index in [4.69, 9.17) is 4.98 Å². The maximum absolute atomic E-state index is 13.8. The molecule has 8 heteroatoms. The van der Waals surface area contributed by atoms with Crippen LogP contribution in [0.15, 0.2) is 76.7 Å². The van der Waals surface area contributed by atoms with Crippen LogP contribution in [0.3, 0.4) is 0 Å². The zero-order valence-electron chi connectivity index (χ0n) is 19.4. The predicted octanol–water partition coefficient (Wildman–Crippen LogP) is 5.21. The molecule has 0 spiro atoms. The minimum Gasteiger partial charge on any atom is -0.363 e. The van der Waals surface area contributed by atoms with E-state index in [0.29, 0.717) is 16.9 Å². The van der Waals surface area contributed by atoms with Gasteiger partial charge in [-0.2, -0.15) is 4.52 Å². The van der Waals surface area contributed by atoms with Gasteiger partial charge in [0.2, 0.25) is 14.9 Å². The van der Waals surface area contributed by atoms with Gasteiger partial charge < -0.3 is 5.32 Å². The molecule has 172 valence electrons. The van der Waals surface area contributed by atoms with Crippen LogP contribution in [0.25, 0.3) is 16.6 Å². The molecule has 1 N–H and O–H groups in total. The first kappa shape index (κ1) is 22.0. The minimum atomic E-state index is -3.95. The third kappa shape index (κ3) is 3.60. The molecular weight excluding hydrogens is 446 g/mol. The van der Waals surface area contributed by atoms with Gasteiger partial charge in [0.1, 0.15) is 5.82 Å². The highest BCUT2D eigenvalue weighted by Crippen LogP contribution is 2.32. The molecule has 0 radical (unpaired) electrons. The van der Waals surface area contributed by atoms with Crippen molar-refractivity contribution < 1.29 is 8.42 Å². The number of benzene rings is 3. The Kier molecular flexibility index (Phi) is 5.32. The first-order valence-corrected chi connectivity index (χ1v) is 12.5. The number of hydrogen-bond acceptors (Lipinski definition) is 6. The van der Waals surface area contributed by atoms with Crippen LogP contribution < -0.4 is 5.32 Å². The second-order valence-electron chi connectivity index (χ2n) is 8.62. The van der Waals surface area contributed by atoms with Crippen LogP contribution in [-0.2, 0) is 9.84 Å². The molecule has 0 saturated carbocycles. The van der Waals surface area contributed by atoms with Crippen molar-refractivity contribution in [2.75, 3.05) is 5.32 Å². The molecule has 7 nitrogen and oxygen atoms in total. The molecule has 0 aliphatic heterocycles. The largest absolute Gasteiger partial charge is 0.363 e. The van der Waals surface area contributed by atoms with Gasteiger partial charge in [0, 0.05) is 11.4 Å². The van der Waals surface area contributed by atoms with Gasteiger partial charge in [-0.25, -0.2) is 13.4 Å². The summed E-state index contributed by atoms with van der Waals surface area (Å²) in [4.78, 5) is 5.00. The van der Waals surface area contributed by atoms with E-state index < -0.39 is 9.84 Å². The van der Waals surface area contributed by atoms with Crippen LogP contribution in [0.1, 0.15) is 35.2 Å². The van der Waals surface area contributed by atoms with Crippen molar-refractivity contribution in [2.24, 2.45) is 0 Å². The van der Waals surface area contributed by atoms with E-state index >= 15 is 0 Å². The molecule has 0 aliphatic rings. The number of anilines is 1. The van der Waals surface area contributed by atoms with Gasteiger partial charge in [-0.1, -0.05) is 65.4 Å². The lowest BCUT2D eigenvalue weighted by Crippen LogP contribution is -2.11. The van der Waals surface area contributed by atoms with Crippen molar-refractivity contribution in [3.8, 4) is 0 Å². The van der Waals surface area contributed by atoms with Gasteiger partial charge in [-0.15, -0.1) is 5.10 Å². The number of para-hydroxylation sites is 1. The van der Waals surface area contributed by atoms with Gasteiger partial charge in [0.25, 0.3) is 0 Å². The van der Waals surface area contributed by atoms with Crippen LogP contribution in [0.2, 0.25) is 0 Å². The highest BCUT2D eigenvalue weighted by Gasteiger charge is 2.30. The van der Waals surface area contributed by atoms with E-state index in [1.54, 1.807) is 13.8 Å². The van der Waals surface area contributed by atoms with Crippen LogP contribution >= 0.6 is 0 Å². The molecule has 3 aromatic carbocycles. The Morgan fingerprint density at radius 1 is 0.912 bits per heavy atom. The Bertz CT molecular complexity index is 1620. The molecule has 0 unspecified atom stereocenters. The fourth-order valence-corrected chi connectivity index (χ4v) is 6.22. The summed E-state index contributed by atoms with van der Waals surface area (Å²) < 4.78 is 29.1. The molecule has 0 bridgehead atoms. The fourth-order valence-electron chi connectivity index (χ4n) is 4.55. The molecule has 2 heterocycles. The summed E-state index contributed by atoms with van der Waals surface area (Å²) in [5.41, 5.74) is 4.37. The summed E-state index contributed by atoms with van der Waals surface area (Å²) in [5, 5.41) is 12.4. The third-order valence-electron chi connectivity index (χ3n) is 6.00. The van der Waals surface area contributed by atoms with Gasteiger partial charge in [-0.3, -0.25) is 0 Å². The number of nitrogens with zero attached hydrogens (tertiary/aromatic N) is 4. The average Bonchev–Trinajstić information content (AvgIpc) is 3.24. The topological polar surface area (TPSA) is 89.2 Å². The molecular formula is C26H25N5O2S. The summed E-state index contributed by atoms with van der Waals surface area (Å²) >= 11 is 0.